The first kappa shape index (κ1) is 15.1. The SMILES string of the molecule is Cc1nc(NC(=O)CN2CCC[C@H]2Cn2cncn2)sc1C. The quantitative estimate of drug-likeness (QED) is 0.902. The van der Waals surface area contributed by atoms with Crippen molar-refractivity contribution in [3.63, 3.8) is 0 Å². The van der Waals surface area contributed by atoms with E-state index in [1.54, 1.807) is 12.7 Å². The van der Waals surface area contributed by atoms with Crippen molar-refractivity contribution in [3.05, 3.63) is 23.2 Å². The van der Waals surface area contributed by atoms with Crippen LogP contribution in [-0.2, 0) is 11.3 Å². The van der Waals surface area contributed by atoms with Crippen molar-refractivity contribution in [2.24, 2.45) is 0 Å². The van der Waals surface area contributed by atoms with Gasteiger partial charge in [-0.25, -0.2) is 9.97 Å². The fourth-order valence-electron chi connectivity index (χ4n) is 2.72. The highest BCUT2D eigenvalue weighted by Crippen LogP contribution is 2.22. The molecule has 8 heteroatoms. The zero-order valence-corrected chi connectivity index (χ0v) is 13.6. The van der Waals surface area contributed by atoms with Gasteiger partial charge in [-0.05, 0) is 33.2 Å². The first-order valence-corrected chi connectivity index (χ1v) is 8.24. The van der Waals surface area contributed by atoms with E-state index in [1.807, 2.05) is 18.5 Å². The number of anilines is 1. The van der Waals surface area contributed by atoms with Gasteiger partial charge in [0.05, 0.1) is 18.8 Å². The molecule has 1 aliphatic heterocycles. The number of aromatic nitrogens is 4. The van der Waals surface area contributed by atoms with Crippen LogP contribution in [0.15, 0.2) is 12.7 Å². The van der Waals surface area contributed by atoms with Crippen LogP contribution in [0.1, 0.15) is 23.4 Å². The van der Waals surface area contributed by atoms with Crippen molar-refractivity contribution in [1.29, 1.82) is 0 Å². The minimum atomic E-state index is -0.000703. The Hall–Kier alpha value is -1.80. The molecule has 3 heterocycles. The van der Waals surface area contributed by atoms with E-state index in [0.717, 1.165) is 36.5 Å². The first-order chi connectivity index (χ1) is 10.6. The molecule has 7 nitrogen and oxygen atoms in total. The molecule has 0 unspecified atom stereocenters. The molecular formula is C14H20N6OS. The highest BCUT2D eigenvalue weighted by Gasteiger charge is 2.27. The fourth-order valence-corrected chi connectivity index (χ4v) is 3.55. The van der Waals surface area contributed by atoms with Crippen LogP contribution in [0.4, 0.5) is 5.13 Å². The summed E-state index contributed by atoms with van der Waals surface area (Å²) in [5.41, 5.74) is 0.977. The van der Waals surface area contributed by atoms with E-state index in [4.69, 9.17) is 0 Å². The van der Waals surface area contributed by atoms with Gasteiger partial charge in [-0.1, -0.05) is 0 Å². The lowest BCUT2D eigenvalue weighted by molar-refractivity contribution is -0.117. The van der Waals surface area contributed by atoms with Gasteiger partial charge in [-0.2, -0.15) is 5.10 Å². The summed E-state index contributed by atoms with van der Waals surface area (Å²) in [6.45, 7) is 6.09. The summed E-state index contributed by atoms with van der Waals surface area (Å²) < 4.78 is 1.83. The number of hydrogen-bond acceptors (Lipinski definition) is 6. The van der Waals surface area contributed by atoms with Crippen molar-refractivity contribution < 1.29 is 4.79 Å². The van der Waals surface area contributed by atoms with Crippen LogP contribution in [0.25, 0.3) is 0 Å². The summed E-state index contributed by atoms with van der Waals surface area (Å²) in [5.74, 6) is -0.000703. The Morgan fingerprint density at radius 3 is 3.05 bits per heavy atom. The number of hydrogen-bond donors (Lipinski definition) is 1. The van der Waals surface area contributed by atoms with Gasteiger partial charge in [0.25, 0.3) is 0 Å². The minimum Gasteiger partial charge on any atom is -0.301 e. The summed E-state index contributed by atoms with van der Waals surface area (Å²) in [5, 5.41) is 7.73. The number of nitrogens with one attached hydrogen (secondary N) is 1. The third kappa shape index (κ3) is 3.50. The molecule has 2 aromatic rings. The summed E-state index contributed by atoms with van der Waals surface area (Å²) >= 11 is 1.52. The Bertz CT molecular complexity index is 618. The molecule has 1 aliphatic rings. The lowest BCUT2D eigenvalue weighted by Crippen LogP contribution is -2.39. The molecule has 0 saturated carbocycles. The molecule has 1 atom stereocenters. The monoisotopic (exact) mass is 320 g/mol. The average molecular weight is 320 g/mol. The maximum absolute atomic E-state index is 12.2. The molecule has 1 saturated heterocycles. The van der Waals surface area contributed by atoms with Gasteiger partial charge in [-0.15, -0.1) is 11.3 Å². The van der Waals surface area contributed by atoms with Crippen molar-refractivity contribution in [2.45, 2.75) is 39.3 Å². The molecular weight excluding hydrogens is 300 g/mol. The van der Waals surface area contributed by atoms with Crippen molar-refractivity contribution in [1.82, 2.24) is 24.6 Å². The second-order valence-electron chi connectivity index (χ2n) is 5.59. The summed E-state index contributed by atoms with van der Waals surface area (Å²) in [7, 11) is 0. The van der Waals surface area contributed by atoms with Gasteiger partial charge in [-0.3, -0.25) is 14.4 Å². The Labute approximate surface area is 133 Å². The molecule has 1 fully saturated rings. The topological polar surface area (TPSA) is 75.9 Å². The normalized spacial score (nSPS) is 18.7. The van der Waals surface area contributed by atoms with Crippen LogP contribution < -0.4 is 5.32 Å². The fraction of sp³-hybridized carbons (Fsp3) is 0.571. The number of carbonyl (C=O) groups excluding carboxylic acids is 1. The zero-order valence-electron chi connectivity index (χ0n) is 12.8. The highest BCUT2D eigenvalue weighted by atomic mass is 32.1. The Morgan fingerprint density at radius 1 is 1.50 bits per heavy atom. The smallest absolute Gasteiger partial charge is 0.240 e. The molecule has 22 heavy (non-hydrogen) atoms. The second-order valence-corrected chi connectivity index (χ2v) is 6.80. The van der Waals surface area contributed by atoms with E-state index in [1.165, 1.54) is 11.3 Å². The lowest BCUT2D eigenvalue weighted by Gasteiger charge is -2.23. The number of thiazole rings is 1. The predicted octanol–water partition coefficient (Wildman–Crippen LogP) is 1.45. The van der Waals surface area contributed by atoms with Gasteiger partial charge in [0, 0.05) is 10.9 Å². The molecule has 0 spiro atoms. The van der Waals surface area contributed by atoms with Crippen molar-refractivity contribution in [3.8, 4) is 0 Å². The Kier molecular flexibility index (Phi) is 4.49. The van der Waals surface area contributed by atoms with Gasteiger partial charge in [0.2, 0.25) is 5.91 Å². The van der Waals surface area contributed by atoms with E-state index < -0.39 is 0 Å². The van der Waals surface area contributed by atoms with Gasteiger partial charge < -0.3 is 5.32 Å². The molecule has 0 aliphatic carbocycles. The molecule has 0 bridgehead atoms. The predicted molar refractivity (Wildman–Crippen MR) is 84.8 cm³/mol. The van der Waals surface area contributed by atoms with Crippen LogP contribution in [0.5, 0.6) is 0 Å². The van der Waals surface area contributed by atoms with E-state index in [0.29, 0.717) is 17.7 Å². The first-order valence-electron chi connectivity index (χ1n) is 7.42. The number of carbonyl (C=O) groups is 1. The van der Waals surface area contributed by atoms with Gasteiger partial charge >= 0.3 is 0 Å². The molecule has 118 valence electrons. The minimum absolute atomic E-state index is 0.000703. The van der Waals surface area contributed by atoms with Crippen LogP contribution in [0, 0.1) is 13.8 Å². The summed E-state index contributed by atoms with van der Waals surface area (Å²) in [6.07, 6.45) is 5.46. The van der Waals surface area contributed by atoms with E-state index in [2.05, 4.69) is 25.3 Å². The third-order valence-electron chi connectivity index (χ3n) is 3.99. The van der Waals surface area contributed by atoms with E-state index in [-0.39, 0.29) is 5.91 Å². The van der Waals surface area contributed by atoms with Crippen molar-refractivity contribution in [2.75, 3.05) is 18.4 Å². The van der Waals surface area contributed by atoms with Crippen LogP contribution >= 0.6 is 11.3 Å². The maximum atomic E-state index is 12.2. The number of amides is 1. The third-order valence-corrected chi connectivity index (χ3v) is 4.97. The summed E-state index contributed by atoms with van der Waals surface area (Å²) in [4.78, 5) is 23.9. The zero-order chi connectivity index (χ0) is 15.5. The second kappa shape index (κ2) is 6.53. The van der Waals surface area contributed by atoms with Gasteiger partial charge in [0.1, 0.15) is 12.7 Å². The number of rotatable bonds is 5. The van der Waals surface area contributed by atoms with Crippen LogP contribution in [0.3, 0.4) is 0 Å². The molecule has 1 N–H and O–H groups in total. The number of aryl methyl sites for hydroxylation is 2. The lowest BCUT2D eigenvalue weighted by atomic mass is 10.2. The summed E-state index contributed by atoms with van der Waals surface area (Å²) in [6, 6.07) is 0.340. The van der Waals surface area contributed by atoms with Crippen LogP contribution in [0.2, 0.25) is 0 Å². The molecule has 2 aromatic heterocycles. The van der Waals surface area contributed by atoms with Crippen molar-refractivity contribution >= 4 is 22.4 Å². The molecule has 3 rings (SSSR count). The Balaban J connectivity index is 1.55. The highest BCUT2D eigenvalue weighted by molar-refractivity contribution is 7.15. The average Bonchev–Trinajstić information content (AvgIpc) is 3.17. The van der Waals surface area contributed by atoms with E-state index in [9.17, 15) is 4.79 Å². The molecule has 0 radical (unpaired) electrons. The van der Waals surface area contributed by atoms with E-state index >= 15 is 0 Å². The Morgan fingerprint density at radius 2 is 2.36 bits per heavy atom. The molecule has 0 aromatic carbocycles. The number of nitrogens with zero attached hydrogens (tertiary/aromatic N) is 5. The van der Waals surface area contributed by atoms with Crippen LogP contribution in [-0.4, -0.2) is 49.7 Å². The maximum Gasteiger partial charge on any atom is 0.240 e. The standard InChI is InChI=1S/C14H20N6OS/c1-10-11(2)22-14(17-10)18-13(21)7-19-5-3-4-12(19)6-20-9-15-8-16-20/h8-9,12H,3-7H2,1-2H3,(H,17,18,21)/t12-/m0/s1. The number of likely N-dealkylation sites (tertiary alicyclic amines) is 1. The molecule has 1 amide bonds. The van der Waals surface area contributed by atoms with Gasteiger partial charge in [0.15, 0.2) is 5.13 Å². The largest absolute Gasteiger partial charge is 0.301 e.